The lowest BCUT2D eigenvalue weighted by molar-refractivity contribution is 0.886. The normalized spacial score (nSPS) is 10.1. The van der Waals surface area contributed by atoms with Crippen molar-refractivity contribution in [3.63, 3.8) is 0 Å². The van der Waals surface area contributed by atoms with E-state index in [-0.39, 0.29) is 0 Å². The fraction of sp³-hybridized carbons (Fsp3) is 0.222. The van der Waals surface area contributed by atoms with Crippen LogP contribution >= 0.6 is 0 Å². The molecular weight excluding hydrogens is 178 g/mol. The first kappa shape index (κ1) is 8.59. The Kier molecular flexibility index (Phi) is 1.87. The molecule has 0 aliphatic carbocycles. The molecule has 70 valence electrons. The molecule has 0 N–H and O–H groups in total. The van der Waals surface area contributed by atoms with Gasteiger partial charge >= 0.3 is 0 Å². The number of hydrogen-bond acceptors (Lipinski definition) is 2. The summed E-state index contributed by atoms with van der Waals surface area (Å²) in [6.07, 6.45) is 0. The molecule has 5 nitrogen and oxygen atoms in total. The second kappa shape index (κ2) is 3.05. The third-order valence-electron chi connectivity index (χ3n) is 2.25. The highest BCUT2D eigenvalue weighted by Crippen LogP contribution is 2.21. The van der Waals surface area contributed by atoms with Gasteiger partial charge in [0.15, 0.2) is 0 Å². The van der Waals surface area contributed by atoms with Crippen LogP contribution in [0.2, 0.25) is 0 Å². The number of benzene rings is 1. The van der Waals surface area contributed by atoms with Crippen LogP contribution in [-0.2, 0) is 7.05 Å². The molecule has 14 heavy (non-hydrogen) atoms. The Bertz CT molecular complexity index is 533. The van der Waals surface area contributed by atoms with Crippen molar-refractivity contribution in [2.24, 2.45) is 12.2 Å². The minimum Gasteiger partial charge on any atom is -0.331 e. The van der Waals surface area contributed by atoms with Crippen molar-refractivity contribution >= 4 is 16.7 Å². The highest BCUT2D eigenvalue weighted by molar-refractivity contribution is 5.79. The van der Waals surface area contributed by atoms with Crippen molar-refractivity contribution in [1.82, 2.24) is 9.55 Å². The van der Waals surface area contributed by atoms with Crippen LogP contribution in [0, 0.1) is 6.92 Å². The van der Waals surface area contributed by atoms with E-state index in [4.69, 9.17) is 5.53 Å². The van der Waals surface area contributed by atoms with E-state index in [2.05, 4.69) is 15.0 Å². The van der Waals surface area contributed by atoms with Crippen LogP contribution in [0.5, 0.6) is 0 Å². The summed E-state index contributed by atoms with van der Waals surface area (Å²) >= 11 is 0. The van der Waals surface area contributed by atoms with Crippen molar-refractivity contribution in [3.05, 3.63) is 34.5 Å². The van der Waals surface area contributed by atoms with Crippen LogP contribution in [0.25, 0.3) is 21.5 Å². The van der Waals surface area contributed by atoms with E-state index in [1.807, 2.05) is 24.6 Å². The number of nitrogens with zero attached hydrogens (tertiary/aromatic N) is 5. The van der Waals surface area contributed by atoms with E-state index in [0.29, 0.717) is 5.69 Å². The van der Waals surface area contributed by atoms with E-state index < -0.39 is 0 Å². The highest BCUT2D eigenvalue weighted by atomic mass is 15.1. The molecule has 0 atom stereocenters. The fourth-order valence-electron chi connectivity index (χ4n) is 1.42. The molecule has 5 heteroatoms. The quantitative estimate of drug-likeness (QED) is 0.384. The maximum atomic E-state index is 8.28. The molecule has 1 aromatic carbocycles. The van der Waals surface area contributed by atoms with Crippen molar-refractivity contribution < 1.29 is 0 Å². The first-order valence-corrected chi connectivity index (χ1v) is 4.20. The van der Waals surface area contributed by atoms with Crippen molar-refractivity contribution in [2.75, 3.05) is 0 Å². The van der Waals surface area contributed by atoms with E-state index in [1.165, 1.54) is 0 Å². The number of rotatable bonds is 1. The molecule has 0 aliphatic heterocycles. The highest BCUT2D eigenvalue weighted by Gasteiger charge is 2.03. The molecule has 2 rings (SSSR count). The van der Waals surface area contributed by atoms with Crippen molar-refractivity contribution in [3.8, 4) is 0 Å². The molecule has 0 saturated carbocycles. The van der Waals surface area contributed by atoms with Gasteiger partial charge in [-0.1, -0.05) is 11.2 Å². The van der Waals surface area contributed by atoms with Crippen molar-refractivity contribution in [1.29, 1.82) is 0 Å². The zero-order chi connectivity index (χ0) is 10.1. The Hall–Kier alpha value is -2.00. The number of fused-ring (bicyclic) bond motifs is 1. The summed E-state index contributed by atoms with van der Waals surface area (Å²) in [5, 5.41) is 3.53. The van der Waals surface area contributed by atoms with Gasteiger partial charge < -0.3 is 4.57 Å². The summed E-state index contributed by atoms with van der Waals surface area (Å²) in [4.78, 5) is 7.07. The minimum atomic E-state index is 0.595. The van der Waals surface area contributed by atoms with Gasteiger partial charge in [-0.2, -0.15) is 0 Å². The summed E-state index contributed by atoms with van der Waals surface area (Å²) in [5.41, 5.74) is 10.8. The van der Waals surface area contributed by atoms with Crippen LogP contribution in [0.1, 0.15) is 5.82 Å². The molecule has 1 aromatic heterocycles. The monoisotopic (exact) mass is 187 g/mol. The van der Waals surface area contributed by atoms with E-state index in [0.717, 1.165) is 16.9 Å². The number of aromatic nitrogens is 2. The number of aryl methyl sites for hydroxylation is 2. The van der Waals surface area contributed by atoms with Gasteiger partial charge in [-0.05, 0) is 24.6 Å². The predicted octanol–water partition coefficient (Wildman–Crippen LogP) is 2.82. The number of imidazole rings is 1. The Balaban J connectivity index is 2.73. The summed E-state index contributed by atoms with van der Waals surface area (Å²) in [5.74, 6) is 0.943. The molecule has 0 fully saturated rings. The standard InChI is InChI=1S/C9H9N5/c1-6-11-8-5-7(12-13-10)3-4-9(8)14(6)2/h3-5H,1-2H3. The molecule has 0 amide bonds. The Morgan fingerprint density at radius 3 is 3.00 bits per heavy atom. The Morgan fingerprint density at radius 1 is 1.50 bits per heavy atom. The Labute approximate surface area is 80.6 Å². The van der Waals surface area contributed by atoms with Gasteiger partial charge in [-0.15, -0.1) is 0 Å². The summed E-state index contributed by atoms with van der Waals surface area (Å²) in [7, 11) is 1.96. The zero-order valence-corrected chi connectivity index (χ0v) is 7.97. The van der Waals surface area contributed by atoms with Crippen LogP contribution in [-0.4, -0.2) is 9.55 Å². The molecule has 0 unspecified atom stereocenters. The summed E-state index contributed by atoms with van der Waals surface area (Å²) < 4.78 is 2.00. The third-order valence-corrected chi connectivity index (χ3v) is 2.25. The van der Waals surface area contributed by atoms with Crippen LogP contribution in [0.4, 0.5) is 5.69 Å². The van der Waals surface area contributed by atoms with Crippen LogP contribution in [0.3, 0.4) is 0 Å². The summed E-state index contributed by atoms with van der Waals surface area (Å²) in [6, 6.07) is 5.46. The SMILES string of the molecule is Cc1nc2cc(N=[N+]=[N-])ccc2n1C. The lowest BCUT2D eigenvalue weighted by Gasteiger charge is -1.95. The van der Waals surface area contributed by atoms with E-state index in [1.54, 1.807) is 12.1 Å². The van der Waals surface area contributed by atoms with Gasteiger partial charge in [0.1, 0.15) is 5.82 Å². The van der Waals surface area contributed by atoms with Gasteiger partial charge in [-0.25, -0.2) is 4.98 Å². The second-order valence-corrected chi connectivity index (χ2v) is 3.08. The molecule has 0 bridgehead atoms. The average Bonchev–Trinajstić information content (AvgIpc) is 2.43. The minimum absolute atomic E-state index is 0.595. The predicted molar refractivity (Wildman–Crippen MR) is 54.3 cm³/mol. The molecule has 2 aromatic rings. The lowest BCUT2D eigenvalue weighted by Crippen LogP contribution is -1.89. The lowest BCUT2D eigenvalue weighted by atomic mass is 10.3. The molecular formula is C9H9N5. The Morgan fingerprint density at radius 2 is 2.29 bits per heavy atom. The maximum absolute atomic E-state index is 8.28. The molecule has 1 heterocycles. The van der Waals surface area contributed by atoms with Gasteiger partial charge in [0.25, 0.3) is 0 Å². The number of azide groups is 1. The summed E-state index contributed by atoms with van der Waals surface area (Å²) in [6.45, 7) is 1.94. The van der Waals surface area contributed by atoms with E-state index >= 15 is 0 Å². The van der Waals surface area contributed by atoms with Gasteiger partial charge in [0.2, 0.25) is 0 Å². The fourth-order valence-corrected chi connectivity index (χ4v) is 1.42. The first-order chi connectivity index (χ1) is 6.72. The topological polar surface area (TPSA) is 66.6 Å². The van der Waals surface area contributed by atoms with Gasteiger partial charge in [-0.3, -0.25) is 0 Å². The molecule has 0 spiro atoms. The second-order valence-electron chi connectivity index (χ2n) is 3.08. The third kappa shape index (κ3) is 1.20. The molecule has 0 saturated heterocycles. The first-order valence-electron chi connectivity index (χ1n) is 4.20. The van der Waals surface area contributed by atoms with Crippen LogP contribution in [0.15, 0.2) is 23.3 Å². The number of hydrogen-bond donors (Lipinski definition) is 0. The smallest absolute Gasteiger partial charge is 0.106 e. The molecule has 0 aliphatic rings. The molecule has 0 radical (unpaired) electrons. The van der Waals surface area contributed by atoms with E-state index in [9.17, 15) is 0 Å². The maximum Gasteiger partial charge on any atom is 0.106 e. The average molecular weight is 187 g/mol. The van der Waals surface area contributed by atoms with Gasteiger partial charge in [0, 0.05) is 17.6 Å². The van der Waals surface area contributed by atoms with Gasteiger partial charge in [0.05, 0.1) is 11.0 Å². The van der Waals surface area contributed by atoms with Crippen LogP contribution < -0.4 is 0 Å². The zero-order valence-electron chi connectivity index (χ0n) is 7.97. The largest absolute Gasteiger partial charge is 0.331 e. The van der Waals surface area contributed by atoms with Crippen molar-refractivity contribution in [2.45, 2.75) is 6.92 Å².